The molecule has 0 spiro atoms. The zero-order valence-electron chi connectivity index (χ0n) is 19.5. The Morgan fingerprint density at radius 1 is 1.07 bits per heavy atom. The maximum Gasteiger partial charge on any atom is 0.220 e. The first-order chi connectivity index (χ1) is 13.8. The third-order valence-electron chi connectivity index (χ3n) is 10.7. The molecule has 0 aromatic carbocycles. The maximum atomic E-state index is 12.3. The molecule has 0 radical (unpaired) electrons. The van der Waals surface area contributed by atoms with E-state index in [4.69, 9.17) is 5.73 Å². The van der Waals surface area contributed by atoms with Crippen molar-refractivity contribution >= 4 is 5.91 Å². The Bertz CT molecular complexity index is 606. The fourth-order valence-electron chi connectivity index (χ4n) is 9.36. The van der Waals surface area contributed by atoms with Gasteiger partial charge in [0, 0.05) is 19.5 Å². The predicted molar refractivity (Wildman–Crippen MR) is 120 cm³/mol. The largest absolute Gasteiger partial charge is 0.355 e. The first-order valence-electron chi connectivity index (χ1n) is 12.8. The molecule has 4 fully saturated rings. The average molecular weight is 403 g/mol. The third kappa shape index (κ3) is 3.58. The summed E-state index contributed by atoms with van der Waals surface area (Å²) in [4.78, 5) is 12.3. The van der Waals surface area contributed by atoms with E-state index in [0.29, 0.717) is 42.2 Å². The highest BCUT2D eigenvalue weighted by molar-refractivity contribution is 5.76. The zero-order valence-corrected chi connectivity index (χ0v) is 19.5. The van der Waals surface area contributed by atoms with Crippen LogP contribution in [0, 0.1) is 52.3 Å². The topological polar surface area (TPSA) is 55.1 Å². The van der Waals surface area contributed by atoms with Crippen LogP contribution in [0.1, 0.15) is 91.9 Å². The first kappa shape index (κ1) is 21.7. The third-order valence-corrected chi connectivity index (χ3v) is 10.7. The van der Waals surface area contributed by atoms with Gasteiger partial charge in [-0.15, -0.1) is 0 Å². The molecule has 3 nitrogen and oxygen atoms in total. The molecule has 0 aromatic rings. The summed E-state index contributed by atoms with van der Waals surface area (Å²) in [6, 6.07) is 0. The van der Waals surface area contributed by atoms with Crippen LogP contribution in [0.2, 0.25) is 0 Å². The molecule has 1 amide bonds. The van der Waals surface area contributed by atoms with Gasteiger partial charge in [0.25, 0.3) is 0 Å². The smallest absolute Gasteiger partial charge is 0.220 e. The van der Waals surface area contributed by atoms with Crippen LogP contribution >= 0.6 is 0 Å². The zero-order chi connectivity index (χ0) is 20.8. The Morgan fingerprint density at radius 3 is 2.59 bits per heavy atom. The molecule has 4 saturated carbocycles. The molecule has 0 aliphatic heterocycles. The highest BCUT2D eigenvalue weighted by Gasteiger charge is 2.61. The molecule has 4 aliphatic carbocycles. The minimum atomic E-state index is 0.201. The minimum Gasteiger partial charge on any atom is -0.355 e. The second kappa shape index (κ2) is 8.17. The summed E-state index contributed by atoms with van der Waals surface area (Å²) in [7, 11) is 0. The van der Waals surface area contributed by atoms with Gasteiger partial charge >= 0.3 is 0 Å². The van der Waals surface area contributed by atoms with Gasteiger partial charge in [0.1, 0.15) is 0 Å². The normalized spacial score (nSPS) is 47.6. The molecular formula is C26H46N2O. The number of amides is 1. The number of fused-ring (bicyclic) bond motifs is 5. The molecule has 0 heterocycles. The quantitative estimate of drug-likeness (QED) is 0.648. The van der Waals surface area contributed by atoms with Gasteiger partial charge in [0.05, 0.1) is 0 Å². The Morgan fingerprint density at radius 2 is 1.83 bits per heavy atom. The molecular weight excluding hydrogens is 356 g/mol. The van der Waals surface area contributed by atoms with Crippen molar-refractivity contribution in [3.05, 3.63) is 0 Å². The average Bonchev–Trinajstić information content (AvgIpc) is 3.04. The van der Waals surface area contributed by atoms with E-state index in [0.717, 1.165) is 29.6 Å². The van der Waals surface area contributed by atoms with Crippen LogP contribution in [-0.2, 0) is 4.79 Å². The highest BCUT2D eigenvalue weighted by atomic mass is 16.1. The molecule has 0 bridgehead atoms. The van der Waals surface area contributed by atoms with Crippen LogP contribution in [0.5, 0.6) is 0 Å². The Kier molecular flexibility index (Phi) is 6.10. The van der Waals surface area contributed by atoms with E-state index < -0.39 is 0 Å². The lowest BCUT2D eigenvalue weighted by molar-refractivity contribution is -0.138. The first-order valence-corrected chi connectivity index (χ1v) is 12.8. The number of rotatable bonds is 5. The number of hydrogen-bond acceptors (Lipinski definition) is 2. The lowest BCUT2D eigenvalue weighted by atomic mass is 9.42. The lowest BCUT2D eigenvalue weighted by Crippen LogP contribution is -2.55. The van der Waals surface area contributed by atoms with Crippen LogP contribution < -0.4 is 11.1 Å². The van der Waals surface area contributed by atoms with E-state index >= 15 is 0 Å². The summed E-state index contributed by atoms with van der Waals surface area (Å²) in [6.45, 7) is 11.4. The summed E-state index contributed by atoms with van der Waals surface area (Å²) in [5.74, 6) is 6.04. The Hall–Kier alpha value is -0.570. The summed E-state index contributed by atoms with van der Waals surface area (Å²) in [6.07, 6.45) is 13.6. The van der Waals surface area contributed by atoms with Crippen molar-refractivity contribution in [1.29, 1.82) is 0 Å². The molecule has 3 heteroatoms. The molecule has 4 rings (SSSR count). The predicted octanol–water partition coefficient (Wildman–Crippen LogP) is 5.38. The SMILES string of the molecule is C[C@H]1CC2CCCC[C@@]2(C)C2CC[C@]3(C)C(CCC3[C@@H](C)CC(=O)NCCN)C21. The van der Waals surface area contributed by atoms with E-state index in [1.54, 1.807) is 0 Å². The summed E-state index contributed by atoms with van der Waals surface area (Å²) in [5, 5.41) is 3.00. The summed E-state index contributed by atoms with van der Waals surface area (Å²) >= 11 is 0. The molecule has 3 N–H and O–H groups in total. The van der Waals surface area contributed by atoms with E-state index in [2.05, 4.69) is 33.0 Å². The van der Waals surface area contributed by atoms with Gasteiger partial charge in [-0.05, 0) is 97.2 Å². The van der Waals surface area contributed by atoms with E-state index in [1.165, 1.54) is 57.8 Å². The van der Waals surface area contributed by atoms with Crippen LogP contribution in [0.25, 0.3) is 0 Å². The minimum absolute atomic E-state index is 0.201. The highest BCUT2D eigenvalue weighted by Crippen LogP contribution is 2.69. The van der Waals surface area contributed by atoms with Gasteiger partial charge in [-0.3, -0.25) is 4.79 Å². The van der Waals surface area contributed by atoms with Crippen molar-refractivity contribution in [2.45, 2.75) is 91.9 Å². The van der Waals surface area contributed by atoms with Crippen molar-refractivity contribution in [2.75, 3.05) is 13.1 Å². The lowest BCUT2D eigenvalue weighted by Gasteiger charge is -2.62. The van der Waals surface area contributed by atoms with Crippen molar-refractivity contribution in [1.82, 2.24) is 5.32 Å². The molecule has 9 atom stereocenters. The maximum absolute atomic E-state index is 12.3. The van der Waals surface area contributed by atoms with Crippen molar-refractivity contribution in [2.24, 2.45) is 58.0 Å². The Balaban J connectivity index is 1.51. The fraction of sp³-hybridized carbons (Fsp3) is 0.962. The molecule has 4 aliphatic rings. The fourth-order valence-corrected chi connectivity index (χ4v) is 9.36. The van der Waals surface area contributed by atoms with Gasteiger partial charge in [0.2, 0.25) is 5.91 Å². The van der Waals surface area contributed by atoms with E-state index in [9.17, 15) is 4.79 Å². The van der Waals surface area contributed by atoms with Gasteiger partial charge in [-0.1, -0.05) is 40.5 Å². The summed E-state index contributed by atoms with van der Waals surface area (Å²) in [5.41, 5.74) is 6.61. The van der Waals surface area contributed by atoms with Gasteiger partial charge in [-0.25, -0.2) is 0 Å². The van der Waals surface area contributed by atoms with Gasteiger partial charge in [0.15, 0.2) is 0 Å². The molecule has 166 valence electrons. The van der Waals surface area contributed by atoms with Crippen LogP contribution in [0.4, 0.5) is 0 Å². The molecule has 0 aromatic heterocycles. The van der Waals surface area contributed by atoms with E-state index in [-0.39, 0.29) is 5.91 Å². The van der Waals surface area contributed by atoms with Crippen molar-refractivity contribution < 1.29 is 4.79 Å². The number of carbonyl (C=O) groups excluding carboxylic acids is 1. The summed E-state index contributed by atoms with van der Waals surface area (Å²) < 4.78 is 0. The number of nitrogens with one attached hydrogen (secondary N) is 1. The van der Waals surface area contributed by atoms with Gasteiger partial charge < -0.3 is 11.1 Å². The van der Waals surface area contributed by atoms with E-state index in [1.807, 2.05) is 0 Å². The van der Waals surface area contributed by atoms with Gasteiger partial charge in [-0.2, -0.15) is 0 Å². The van der Waals surface area contributed by atoms with Crippen molar-refractivity contribution in [3.63, 3.8) is 0 Å². The molecule has 0 saturated heterocycles. The number of hydrogen-bond donors (Lipinski definition) is 2. The Labute approximate surface area is 179 Å². The number of nitrogens with two attached hydrogens (primary N) is 1. The monoisotopic (exact) mass is 402 g/mol. The van der Waals surface area contributed by atoms with Crippen LogP contribution in [0.3, 0.4) is 0 Å². The van der Waals surface area contributed by atoms with Crippen LogP contribution in [-0.4, -0.2) is 19.0 Å². The van der Waals surface area contributed by atoms with Crippen LogP contribution in [0.15, 0.2) is 0 Å². The molecule has 29 heavy (non-hydrogen) atoms. The molecule has 5 unspecified atom stereocenters. The standard InChI is InChI=1S/C26H46N2O/c1-17(16-23(29)28-14-13-27)20-8-9-21-24-18(2)15-19-7-5-6-11-25(19,3)22(24)10-12-26(20,21)4/h17-22,24H,5-16,27H2,1-4H3,(H,28,29)/t17-,18-,19?,20?,21?,22?,24?,25+,26-/m0/s1. The second-order valence-electron chi connectivity index (χ2n) is 12.0. The second-order valence-corrected chi connectivity index (χ2v) is 12.0. The number of carbonyl (C=O) groups is 1. The van der Waals surface area contributed by atoms with Crippen molar-refractivity contribution in [3.8, 4) is 0 Å².